The molecule has 4 amide bonds. The van der Waals surface area contributed by atoms with Crippen molar-refractivity contribution in [2.24, 2.45) is 0 Å². The first-order valence-corrected chi connectivity index (χ1v) is 9.16. The summed E-state index contributed by atoms with van der Waals surface area (Å²) in [6, 6.07) is 6.77. The Bertz CT molecular complexity index is 710. The Morgan fingerprint density at radius 3 is 2.38 bits per heavy atom. The average molecular weight is 358 g/mol. The van der Waals surface area contributed by atoms with Crippen LogP contribution < -0.4 is 15.5 Å². The van der Waals surface area contributed by atoms with Gasteiger partial charge in [0, 0.05) is 26.1 Å². The van der Waals surface area contributed by atoms with E-state index in [0.29, 0.717) is 24.3 Å². The zero-order valence-electron chi connectivity index (χ0n) is 15.4. The predicted molar refractivity (Wildman–Crippen MR) is 100 cm³/mol. The van der Waals surface area contributed by atoms with Gasteiger partial charge in [0.25, 0.3) is 0 Å². The molecule has 7 nitrogen and oxygen atoms in total. The molecule has 1 aromatic rings. The van der Waals surface area contributed by atoms with Gasteiger partial charge in [0.2, 0.25) is 11.8 Å². The molecule has 140 valence electrons. The fourth-order valence-corrected chi connectivity index (χ4v) is 3.52. The Hall–Kier alpha value is -2.57. The maximum atomic E-state index is 12.6. The molecule has 0 aromatic heterocycles. The number of carbonyl (C=O) groups excluding carboxylic acids is 3. The highest BCUT2D eigenvalue weighted by atomic mass is 16.2. The Balaban J connectivity index is 1.68. The monoisotopic (exact) mass is 358 g/mol. The largest absolute Gasteiger partial charge is 0.341 e. The first-order chi connectivity index (χ1) is 12.4. The van der Waals surface area contributed by atoms with E-state index in [4.69, 9.17) is 0 Å². The van der Waals surface area contributed by atoms with E-state index in [1.54, 1.807) is 35.8 Å². The lowest BCUT2D eigenvalue weighted by atomic mass is 10.0. The summed E-state index contributed by atoms with van der Waals surface area (Å²) >= 11 is 0. The minimum absolute atomic E-state index is 0.0594. The Kier molecular flexibility index (Phi) is 5.15. The minimum atomic E-state index is -0.993. The summed E-state index contributed by atoms with van der Waals surface area (Å²) in [5.74, 6) is -0.0163. The molecule has 0 radical (unpaired) electrons. The van der Waals surface area contributed by atoms with Gasteiger partial charge in [0.05, 0.1) is 11.4 Å². The molecule has 2 aliphatic heterocycles. The molecule has 3 rings (SSSR count). The number of hydrogen-bond acceptors (Lipinski definition) is 3. The quantitative estimate of drug-likeness (QED) is 0.867. The third-order valence-electron chi connectivity index (χ3n) is 4.87. The van der Waals surface area contributed by atoms with Crippen LogP contribution in [0.5, 0.6) is 0 Å². The minimum Gasteiger partial charge on any atom is -0.341 e. The van der Waals surface area contributed by atoms with Gasteiger partial charge in [-0.2, -0.15) is 0 Å². The van der Waals surface area contributed by atoms with Gasteiger partial charge in [0.15, 0.2) is 0 Å². The number of anilines is 2. The molecule has 0 saturated carbocycles. The van der Waals surface area contributed by atoms with E-state index in [1.807, 2.05) is 12.1 Å². The third kappa shape index (κ3) is 3.81. The summed E-state index contributed by atoms with van der Waals surface area (Å²) in [4.78, 5) is 40.6. The van der Waals surface area contributed by atoms with Crippen LogP contribution in [0.2, 0.25) is 0 Å². The van der Waals surface area contributed by atoms with Gasteiger partial charge in [-0.1, -0.05) is 12.1 Å². The highest BCUT2D eigenvalue weighted by molar-refractivity contribution is 6.02. The molecule has 7 heteroatoms. The number of amides is 4. The van der Waals surface area contributed by atoms with Crippen LogP contribution in [0.4, 0.5) is 16.2 Å². The number of rotatable bonds is 4. The summed E-state index contributed by atoms with van der Waals surface area (Å²) in [7, 11) is 0. The molecule has 0 unspecified atom stereocenters. The standard InChI is InChI=1S/C19H26N4O3/c1-19(2,17(25)22-11-5-6-12-22)21-18(26)20-14-8-3-4-9-15(14)23-13-7-10-16(23)24/h3-4,8-9H,5-7,10-13H2,1-2H3,(H2,20,21,26). The molecular formula is C19H26N4O3. The van der Waals surface area contributed by atoms with Crippen LogP contribution in [0.1, 0.15) is 39.5 Å². The van der Waals surface area contributed by atoms with Crippen molar-refractivity contribution < 1.29 is 14.4 Å². The van der Waals surface area contributed by atoms with Crippen molar-refractivity contribution in [2.75, 3.05) is 29.9 Å². The van der Waals surface area contributed by atoms with Gasteiger partial charge in [-0.15, -0.1) is 0 Å². The van der Waals surface area contributed by atoms with Crippen LogP contribution in [0, 0.1) is 0 Å². The summed E-state index contributed by atoms with van der Waals surface area (Å²) in [5.41, 5.74) is 0.255. The first-order valence-electron chi connectivity index (χ1n) is 9.16. The molecule has 26 heavy (non-hydrogen) atoms. The molecule has 0 aliphatic carbocycles. The van der Waals surface area contributed by atoms with E-state index in [0.717, 1.165) is 32.4 Å². The molecule has 1 aromatic carbocycles. The van der Waals surface area contributed by atoms with Crippen LogP contribution in [-0.2, 0) is 9.59 Å². The maximum Gasteiger partial charge on any atom is 0.320 e. The van der Waals surface area contributed by atoms with Crippen LogP contribution in [0.3, 0.4) is 0 Å². The summed E-state index contributed by atoms with van der Waals surface area (Å²) in [6.07, 6.45) is 3.35. The maximum absolute atomic E-state index is 12.6. The molecule has 2 heterocycles. The van der Waals surface area contributed by atoms with Gasteiger partial charge in [-0.3, -0.25) is 9.59 Å². The average Bonchev–Trinajstić information content (AvgIpc) is 3.25. The van der Waals surface area contributed by atoms with Gasteiger partial charge >= 0.3 is 6.03 Å². The van der Waals surface area contributed by atoms with Gasteiger partial charge in [0.1, 0.15) is 5.54 Å². The number of benzene rings is 1. The number of nitrogens with zero attached hydrogens (tertiary/aromatic N) is 2. The smallest absolute Gasteiger partial charge is 0.320 e. The molecule has 2 fully saturated rings. The first kappa shape index (κ1) is 18.2. The van der Waals surface area contributed by atoms with E-state index >= 15 is 0 Å². The number of hydrogen-bond donors (Lipinski definition) is 2. The molecule has 2 aliphatic rings. The van der Waals surface area contributed by atoms with Crippen molar-refractivity contribution in [3.8, 4) is 0 Å². The van der Waals surface area contributed by atoms with E-state index in [2.05, 4.69) is 10.6 Å². The second-order valence-corrected chi connectivity index (χ2v) is 7.37. The lowest BCUT2D eigenvalue weighted by Gasteiger charge is -2.30. The number of carbonyl (C=O) groups is 3. The van der Waals surface area contributed by atoms with Crippen LogP contribution in [0.25, 0.3) is 0 Å². The fraction of sp³-hybridized carbons (Fsp3) is 0.526. The Morgan fingerprint density at radius 2 is 1.73 bits per heavy atom. The van der Waals surface area contributed by atoms with Crippen molar-refractivity contribution in [1.29, 1.82) is 0 Å². The van der Waals surface area contributed by atoms with E-state index in [-0.39, 0.29) is 11.8 Å². The SMILES string of the molecule is CC(C)(NC(=O)Nc1ccccc1N1CCCC1=O)C(=O)N1CCCC1. The summed E-state index contributed by atoms with van der Waals surface area (Å²) in [6.45, 7) is 5.56. The molecule has 2 N–H and O–H groups in total. The number of urea groups is 1. The van der Waals surface area contributed by atoms with Crippen molar-refractivity contribution in [3.63, 3.8) is 0 Å². The highest BCUT2D eigenvalue weighted by Gasteiger charge is 2.35. The van der Waals surface area contributed by atoms with Crippen molar-refractivity contribution in [3.05, 3.63) is 24.3 Å². The number of para-hydroxylation sites is 2. The van der Waals surface area contributed by atoms with Crippen molar-refractivity contribution >= 4 is 29.2 Å². The van der Waals surface area contributed by atoms with Gasteiger partial charge in [-0.05, 0) is 45.2 Å². The normalized spacial score (nSPS) is 17.5. The van der Waals surface area contributed by atoms with Crippen LogP contribution in [-0.4, -0.2) is 47.9 Å². The Labute approximate surface area is 153 Å². The second kappa shape index (κ2) is 7.35. The van der Waals surface area contributed by atoms with Gasteiger partial charge < -0.3 is 20.4 Å². The van der Waals surface area contributed by atoms with E-state index in [9.17, 15) is 14.4 Å². The molecule has 0 spiro atoms. The molecule has 2 saturated heterocycles. The molecule has 0 atom stereocenters. The topological polar surface area (TPSA) is 81.8 Å². The van der Waals surface area contributed by atoms with Gasteiger partial charge in [-0.25, -0.2) is 4.79 Å². The fourth-order valence-electron chi connectivity index (χ4n) is 3.52. The number of likely N-dealkylation sites (tertiary alicyclic amines) is 1. The van der Waals surface area contributed by atoms with Crippen molar-refractivity contribution in [2.45, 2.75) is 45.1 Å². The summed E-state index contributed by atoms with van der Waals surface area (Å²) < 4.78 is 0. The summed E-state index contributed by atoms with van der Waals surface area (Å²) in [5, 5.41) is 5.56. The van der Waals surface area contributed by atoms with E-state index < -0.39 is 11.6 Å². The third-order valence-corrected chi connectivity index (χ3v) is 4.87. The van der Waals surface area contributed by atoms with Crippen molar-refractivity contribution in [1.82, 2.24) is 10.2 Å². The van der Waals surface area contributed by atoms with Crippen LogP contribution >= 0.6 is 0 Å². The lowest BCUT2D eigenvalue weighted by molar-refractivity contribution is -0.135. The highest BCUT2D eigenvalue weighted by Crippen LogP contribution is 2.29. The zero-order valence-corrected chi connectivity index (χ0v) is 15.4. The molecular weight excluding hydrogens is 332 g/mol. The molecule has 0 bridgehead atoms. The lowest BCUT2D eigenvalue weighted by Crippen LogP contribution is -2.56. The zero-order chi connectivity index (χ0) is 18.7. The van der Waals surface area contributed by atoms with E-state index in [1.165, 1.54) is 0 Å². The Morgan fingerprint density at radius 1 is 1.04 bits per heavy atom. The number of nitrogens with one attached hydrogen (secondary N) is 2. The second-order valence-electron chi connectivity index (χ2n) is 7.37. The van der Waals surface area contributed by atoms with Crippen LogP contribution in [0.15, 0.2) is 24.3 Å². The predicted octanol–water partition coefficient (Wildman–Crippen LogP) is 2.34.